The lowest BCUT2D eigenvalue weighted by Gasteiger charge is -2.05. The summed E-state index contributed by atoms with van der Waals surface area (Å²) in [6.07, 6.45) is 0. The predicted octanol–water partition coefficient (Wildman–Crippen LogP) is 2.28. The number of para-hydroxylation sites is 2. The molecule has 3 aromatic rings. The van der Waals surface area contributed by atoms with Crippen molar-refractivity contribution in [3.05, 3.63) is 54.1 Å². The fraction of sp³-hybridized carbons (Fsp3) is 0.125. The zero-order chi connectivity index (χ0) is 16.4. The van der Waals surface area contributed by atoms with E-state index in [4.69, 9.17) is 0 Å². The number of nitrogens with one attached hydrogen (secondary N) is 2. The fourth-order valence-electron chi connectivity index (χ4n) is 2.24. The maximum Gasteiger partial charge on any atom is 0.240 e. The molecule has 0 fully saturated rings. The minimum Gasteiger partial charge on any atom is -0.329 e. The molecule has 0 radical (unpaired) electrons. The Morgan fingerprint density at radius 3 is 2.70 bits per heavy atom. The highest BCUT2D eigenvalue weighted by Crippen LogP contribution is 2.15. The van der Waals surface area contributed by atoms with Crippen LogP contribution >= 0.6 is 0 Å². The molecule has 0 aliphatic heterocycles. The lowest BCUT2D eigenvalue weighted by atomic mass is 10.2. The number of H-pyrrole nitrogens is 1. The van der Waals surface area contributed by atoms with Crippen molar-refractivity contribution in [2.45, 2.75) is 12.1 Å². The van der Waals surface area contributed by atoms with E-state index in [1.54, 1.807) is 42.5 Å². The van der Waals surface area contributed by atoms with Crippen molar-refractivity contribution in [3.63, 3.8) is 0 Å². The van der Waals surface area contributed by atoms with Gasteiger partial charge in [0.25, 0.3) is 0 Å². The van der Waals surface area contributed by atoms with Gasteiger partial charge in [-0.2, -0.15) is 0 Å². The Hall–Kier alpha value is -2.67. The quantitative estimate of drug-likeness (QED) is 0.768. The number of rotatable bonds is 4. The van der Waals surface area contributed by atoms with Gasteiger partial charge < -0.3 is 10.3 Å². The number of carbonyl (C=O) groups excluding carboxylic acids is 1. The van der Waals surface area contributed by atoms with E-state index in [9.17, 15) is 13.2 Å². The highest BCUT2D eigenvalue weighted by atomic mass is 32.2. The second-order valence-corrected chi connectivity index (χ2v) is 7.14. The summed E-state index contributed by atoms with van der Waals surface area (Å²) in [5.74, 6) is -1.27. The maximum absolute atomic E-state index is 12.3. The van der Waals surface area contributed by atoms with E-state index in [0.717, 1.165) is 5.56 Å². The summed E-state index contributed by atoms with van der Waals surface area (Å²) in [7, 11) is -3.83. The first kappa shape index (κ1) is 15.2. The third-order valence-electron chi connectivity index (χ3n) is 3.29. The largest absolute Gasteiger partial charge is 0.329 e. The first-order valence-electron chi connectivity index (χ1n) is 6.98. The standard InChI is InChI=1S/C16H15N3O3S/c1-11-5-4-6-12(9-11)17-15(20)10-23(21,22)16-18-13-7-2-3-8-14(13)19-16/h2-9H,10H2,1H3,(H,17,20)(H,18,19). The molecule has 3 rings (SSSR count). The van der Waals surface area contributed by atoms with Crippen molar-refractivity contribution in [1.29, 1.82) is 0 Å². The molecule has 23 heavy (non-hydrogen) atoms. The summed E-state index contributed by atoms with van der Waals surface area (Å²) in [6, 6.07) is 14.1. The van der Waals surface area contributed by atoms with Crippen LogP contribution < -0.4 is 5.32 Å². The van der Waals surface area contributed by atoms with Crippen LogP contribution in [-0.4, -0.2) is 30.0 Å². The lowest BCUT2D eigenvalue weighted by molar-refractivity contribution is -0.113. The van der Waals surface area contributed by atoms with Gasteiger partial charge in [-0.25, -0.2) is 13.4 Å². The van der Waals surface area contributed by atoms with Gasteiger partial charge in [-0.3, -0.25) is 4.79 Å². The smallest absolute Gasteiger partial charge is 0.240 e. The molecule has 1 amide bonds. The number of benzene rings is 2. The number of imidazole rings is 1. The SMILES string of the molecule is Cc1cccc(NC(=O)CS(=O)(=O)c2nc3ccccc3[nH]2)c1. The van der Waals surface area contributed by atoms with E-state index in [1.165, 1.54) is 0 Å². The van der Waals surface area contributed by atoms with E-state index in [-0.39, 0.29) is 5.16 Å². The van der Waals surface area contributed by atoms with Crippen LogP contribution in [0.3, 0.4) is 0 Å². The van der Waals surface area contributed by atoms with Crippen LogP contribution in [0.1, 0.15) is 5.56 Å². The van der Waals surface area contributed by atoms with Gasteiger partial charge in [0.1, 0.15) is 5.75 Å². The molecular weight excluding hydrogens is 314 g/mol. The Labute approximate surface area is 133 Å². The van der Waals surface area contributed by atoms with Crippen molar-refractivity contribution in [2.75, 3.05) is 11.1 Å². The van der Waals surface area contributed by atoms with Crippen LogP contribution in [0.15, 0.2) is 53.7 Å². The molecule has 0 aliphatic carbocycles. The molecule has 0 atom stereocenters. The molecule has 1 aromatic heterocycles. The van der Waals surface area contributed by atoms with Crippen LogP contribution in [-0.2, 0) is 14.6 Å². The molecular formula is C16H15N3O3S. The van der Waals surface area contributed by atoms with Crippen molar-refractivity contribution in [1.82, 2.24) is 9.97 Å². The van der Waals surface area contributed by atoms with Gasteiger partial charge in [0.15, 0.2) is 0 Å². The van der Waals surface area contributed by atoms with Crippen LogP contribution in [0.25, 0.3) is 11.0 Å². The number of nitrogens with zero attached hydrogens (tertiary/aromatic N) is 1. The Morgan fingerprint density at radius 2 is 1.96 bits per heavy atom. The molecule has 1 heterocycles. The number of aromatic amines is 1. The van der Waals surface area contributed by atoms with E-state index in [2.05, 4.69) is 15.3 Å². The summed E-state index contributed by atoms with van der Waals surface area (Å²) in [4.78, 5) is 18.8. The number of aryl methyl sites for hydroxylation is 1. The number of sulfone groups is 1. The number of anilines is 1. The Kier molecular flexibility index (Phi) is 3.87. The highest BCUT2D eigenvalue weighted by Gasteiger charge is 2.23. The van der Waals surface area contributed by atoms with Gasteiger partial charge in [0.2, 0.25) is 20.9 Å². The minimum atomic E-state index is -3.83. The number of hydrogen-bond acceptors (Lipinski definition) is 4. The summed E-state index contributed by atoms with van der Waals surface area (Å²) in [6.45, 7) is 1.89. The summed E-state index contributed by atoms with van der Waals surface area (Å²) < 4.78 is 24.6. The normalized spacial score (nSPS) is 11.5. The average molecular weight is 329 g/mol. The molecule has 0 bridgehead atoms. The molecule has 7 heteroatoms. The number of amides is 1. The van der Waals surface area contributed by atoms with E-state index >= 15 is 0 Å². The minimum absolute atomic E-state index is 0.196. The van der Waals surface area contributed by atoms with Gasteiger partial charge in [0, 0.05) is 5.69 Å². The van der Waals surface area contributed by atoms with Crippen LogP contribution in [0, 0.1) is 6.92 Å². The second kappa shape index (κ2) is 5.85. The zero-order valence-electron chi connectivity index (χ0n) is 12.4. The number of hydrogen-bond donors (Lipinski definition) is 2. The third kappa shape index (κ3) is 3.40. The molecule has 0 saturated heterocycles. The maximum atomic E-state index is 12.3. The van der Waals surface area contributed by atoms with Crippen molar-refractivity contribution < 1.29 is 13.2 Å². The van der Waals surface area contributed by atoms with Gasteiger partial charge in [-0.15, -0.1) is 0 Å². The highest BCUT2D eigenvalue weighted by molar-refractivity contribution is 7.92. The Bertz CT molecular complexity index is 944. The Morgan fingerprint density at radius 1 is 1.17 bits per heavy atom. The van der Waals surface area contributed by atoms with Gasteiger partial charge in [0.05, 0.1) is 11.0 Å². The summed E-state index contributed by atoms with van der Waals surface area (Å²) in [5.41, 5.74) is 2.70. The molecule has 6 nitrogen and oxygen atoms in total. The monoisotopic (exact) mass is 329 g/mol. The number of fused-ring (bicyclic) bond motifs is 1. The topological polar surface area (TPSA) is 91.9 Å². The molecule has 0 aliphatic rings. The third-order valence-corrected chi connectivity index (χ3v) is 4.71. The summed E-state index contributed by atoms with van der Waals surface area (Å²) >= 11 is 0. The first-order chi connectivity index (χ1) is 10.9. The molecule has 118 valence electrons. The summed E-state index contributed by atoms with van der Waals surface area (Å²) in [5, 5.41) is 2.39. The number of aromatic nitrogens is 2. The zero-order valence-corrected chi connectivity index (χ0v) is 13.2. The van der Waals surface area contributed by atoms with Gasteiger partial charge in [-0.1, -0.05) is 24.3 Å². The predicted molar refractivity (Wildman–Crippen MR) is 88.0 cm³/mol. The van der Waals surface area contributed by atoms with E-state index in [1.807, 2.05) is 13.0 Å². The molecule has 2 aromatic carbocycles. The second-order valence-electron chi connectivity index (χ2n) is 5.24. The Balaban J connectivity index is 1.79. The fourth-order valence-corrected chi connectivity index (χ4v) is 3.29. The van der Waals surface area contributed by atoms with E-state index in [0.29, 0.717) is 16.7 Å². The van der Waals surface area contributed by atoms with Crippen LogP contribution in [0.2, 0.25) is 0 Å². The van der Waals surface area contributed by atoms with Crippen molar-refractivity contribution in [2.24, 2.45) is 0 Å². The first-order valence-corrected chi connectivity index (χ1v) is 8.63. The van der Waals surface area contributed by atoms with Crippen molar-refractivity contribution >= 4 is 32.5 Å². The lowest BCUT2D eigenvalue weighted by Crippen LogP contribution is -2.23. The van der Waals surface area contributed by atoms with Crippen LogP contribution in [0.5, 0.6) is 0 Å². The van der Waals surface area contributed by atoms with Crippen LogP contribution in [0.4, 0.5) is 5.69 Å². The van der Waals surface area contributed by atoms with Gasteiger partial charge in [-0.05, 0) is 36.8 Å². The molecule has 0 unspecified atom stereocenters. The molecule has 0 saturated carbocycles. The average Bonchev–Trinajstić information content (AvgIpc) is 2.91. The van der Waals surface area contributed by atoms with Crippen molar-refractivity contribution in [3.8, 4) is 0 Å². The molecule has 0 spiro atoms. The number of carbonyl (C=O) groups is 1. The van der Waals surface area contributed by atoms with Gasteiger partial charge >= 0.3 is 0 Å². The molecule has 2 N–H and O–H groups in total. The van der Waals surface area contributed by atoms with E-state index < -0.39 is 21.5 Å².